The van der Waals surface area contributed by atoms with Crippen LogP contribution in [0.4, 0.5) is 0 Å². The summed E-state index contributed by atoms with van der Waals surface area (Å²) in [6, 6.07) is 1.90. The predicted octanol–water partition coefficient (Wildman–Crippen LogP) is 0.955. The van der Waals surface area contributed by atoms with E-state index in [9.17, 15) is 9.00 Å². The molecule has 3 heterocycles. The van der Waals surface area contributed by atoms with Gasteiger partial charge in [-0.2, -0.15) is 0 Å². The van der Waals surface area contributed by atoms with Crippen molar-refractivity contribution in [2.75, 3.05) is 11.5 Å². The fourth-order valence-corrected chi connectivity index (χ4v) is 3.93. The molecule has 100 valence electrons. The molecule has 6 heteroatoms. The zero-order valence-electron chi connectivity index (χ0n) is 10.7. The third-order valence-electron chi connectivity index (χ3n) is 3.73. The number of pyridine rings is 1. The standard InChI is InChI=1S/C13H15N3O2S/c1-16-12-10(7-14-8-15-12)6-11(13(16)17)9-2-4-19(18)5-3-9/h6-9H,2-5H2,1H3. The van der Waals surface area contributed by atoms with Crippen LogP contribution in [0.1, 0.15) is 24.3 Å². The van der Waals surface area contributed by atoms with Gasteiger partial charge < -0.3 is 0 Å². The van der Waals surface area contributed by atoms with Crippen LogP contribution in [0, 0.1) is 0 Å². The first kappa shape index (κ1) is 12.5. The monoisotopic (exact) mass is 277 g/mol. The van der Waals surface area contributed by atoms with Gasteiger partial charge in [-0.1, -0.05) is 0 Å². The van der Waals surface area contributed by atoms with Gasteiger partial charge in [-0.05, 0) is 24.8 Å². The molecule has 5 nitrogen and oxygen atoms in total. The molecule has 0 bridgehead atoms. The summed E-state index contributed by atoms with van der Waals surface area (Å²) >= 11 is 0. The minimum absolute atomic E-state index is 0.00359. The molecule has 1 fully saturated rings. The van der Waals surface area contributed by atoms with Gasteiger partial charge in [-0.25, -0.2) is 9.97 Å². The highest BCUT2D eigenvalue weighted by atomic mass is 32.2. The quantitative estimate of drug-likeness (QED) is 0.778. The van der Waals surface area contributed by atoms with Crippen molar-refractivity contribution < 1.29 is 4.21 Å². The second-order valence-corrected chi connectivity index (χ2v) is 6.58. The molecular formula is C13H15N3O2S. The van der Waals surface area contributed by atoms with E-state index >= 15 is 0 Å². The zero-order chi connectivity index (χ0) is 13.4. The van der Waals surface area contributed by atoms with Crippen molar-refractivity contribution in [3.8, 4) is 0 Å². The second-order valence-electron chi connectivity index (χ2n) is 4.89. The number of hydrogen-bond donors (Lipinski definition) is 0. The summed E-state index contributed by atoms with van der Waals surface area (Å²) in [5, 5.41) is 0.881. The summed E-state index contributed by atoms with van der Waals surface area (Å²) in [7, 11) is 1.03. The maximum atomic E-state index is 12.4. The minimum Gasteiger partial charge on any atom is -0.296 e. The molecule has 0 radical (unpaired) electrons. The summed E-state index contributed by atoms with van der Waals surface area (Å²) in [6.45, 7) is 0. The SMILES string of the molecule is Cn1c(=O)c(C2CCS(=O)CC2)cc2cncnc21. The molecule has 0 N–H and O–H groups in total. The topological polar surface area (TPSA) is 64.8 Å². The number of fused-ring (bicyclic) bond motifs is 1. The summed E-state index contributed by atoms with van der Waals surface area (Å²) in [4.78, 5) is 20.5. The fourth-order valence-electron chi connectivity index (χ4n) is 2.63. The maximum Gasteiger partial charge on any atom is 0.255 e. The Bertz CT molecular complexity index is 701. The summed E-state index contributed by atoms with van der Waals surface area (Å²) in [5.74, 6) is 1.59. The highest BCUT2D eigenvalue weighted by Gasteiger charge is 2.23. The Labute approximate surface area is 113 Å². The van der Waals surface area contributed by atoms with E-state index in [-0.39, 0.29) is 11.5 Å². The van der Waals surface area contributed by atoms with Crippen LogP contribution in [0.25, 0.3) is 11.0 Å². The molecule has 1 aliphatic rings. The van der Waals surface area contributed by atoms with Gasteiger partial charge in [0, 0.05) is 46.5 Å². The Hall–Kier alpha value is -1.56. The molecule has 0 aliphatic carbocycles. The van der Waals surface area contributed by atoms with Crippen molar-refractivity contribution in [2.45, 2.75) is 18.8 Å². The Morgan fingerprint density at radius 2 is 2.11 bits per heavy atom. The van der Waals surface area contributed by atoms with Crippen LogP contribution >= 0.6 is 0 Å². The third kappa shape index (κ3) is 2.20. The molecule has 2 aromatic heterocycles. The zero-order valence-corrected chi connectivity index (χ0v) is 11.5. The van der Waals surface area contributed by atoms with Crippen LogP contribution in [0.2, 0.25) is 0 Å². The van der Waals surface area contributed by atoms with Gasteiger partial charge in [0.1, 0.15) is 12.0 Å². The minimum atomic E-state index is -0.707. The predicted molar refractivity (Wildman–Crippen MR) is 74.6 cm³/mol. The molecule has 0 atom stereocenters. The number of nitrogens with zero attached hydrogens (tertiary/aromatic N) is 3. The van der Waals surface area contributed by atoms with Crippen LogP contribution < -0.4 is 5.56 Å². The Kier molecular flexibility index (Phi) is 3.18. The first-order valence-electron chi connectivity index (χ1n) is 6.31. The molecular weight excluding hydrogens is 262 g/mol. The van der Waals surface area contributed by atoms with Gasteiger partial charge in [-0.3, -0.25) is 13.6 Å². The van der Waals surface area contributed by atoms with E-state index in [4.69, 9.17) is 0 Å². The molecule has 2 aromatic rings. The number of aromatic nitrogens is 3. The van der Waals surface area contributed by atoms with E-state index in [2.05, 4.69) is 9.97 Å². The highest BCUT2D eigenvalue weighted by molar-refractivity contribution is 7.85. The van der Waals surface area contributed by atoms with Crippen LogP contribution in [0.15, 0.2) is 23.4 Å². The molecule has 0 unspecified atom stereocenters. The summed E-state index contributed by atoms with van der Waals surface area (Å²) < 4.78 is 13.0. The molecule has 1 aliphatic heterocycles. The average molecular weight is 277 g/mol. The van der Waals surface area contributed by atoms with Gasteiger partial charge in [0.25, 0.3) is 5.56 Å². The summed E-state index contributed by atoms with van der Waals surface area (Å²) in [6.07, 6.45) is 4.82. The van der Waals surface area contributed by atoms with Gasteiger partial charge in [0.05, 0.1) is 0 Å². The maximum absolute atomic E-state index is 12.4. The second kappa shape index (κ2) is 4.85. The lowest BCUT2D eigenvalue weighted by atomic mass is 9.94. The van der Waals surface area contributed by atoms with E-state index in [1.54, 1.807) is 17.8 Å². The van der Waals surface area contributed by atoms with Gasteiger partial charge in [-0.15, -0.1) is 0 Å². The van der Waals surface area contributed by atoms with E-state index in [0.717, 1.165) is 23.8 Å². The van der Waals surface area contributed by atoms with E-state index in [0.29, 0.717) is 17.2 Å². The first-order valence-corrected chi connectivity index (χ1v) is 7.80. The van der Waals surface area contributed by atoms with E-state index in [1.807, 2.05) is 6.07 Å². The van der Waals surface area contributed by atoms with Crippen molar-refractivity contribution >= 4 is 21.8 Å². The first-order chi connectivity index (χ1) is 9.16. The molecule has 0 saturated carbocycles. The largest absolute Gasteiger partial charge is 0.296 e. The Balaban J connectivity index is 2.11. The van der Waals surface area contributed by atoms with Crippen LogP contribution in [0.3, 0.4) is 0 Å². The van der Waals surface area contributed by atoms with Crippen molar-refractivity contribution in [1.29, 1.82) is 0 Å². The van der Waals surface area contributed by atoms with E-state index < -0.39 is 10.8 Å². The summed E-state index contributed by atoms with van der Waals surface area (Å²) in [5.41, 5.74) is 1.47. The third-order valence-corrected chi connectivity index (χ3v) is 5.11. The van der Waals surface area contributed by atoms with Gasteiger partial charge >= 0.3 is 0 Å². The van der Waals surface area contributed by atoms with Crippen molar-refractivity contribution in [3.05, 3.63) is 34.5 Å². The smallest absolute Gasteiger partial charge is 0.255 e. The normalized spacial score (nSPS) is 23.6. The number of aryl methyl sites for hydroxylation is 1. The van der Waals surface area contributed by atoms with E-state index in [1.165, 1.54) is 6.33 Å². The number of hydrogen-bond acceptors (Lipinski definition) is 4. The highest BCUT2D eigenvalue weighted by Crippen LogP contribution is 2.27. The molecule has 0 amide bonds. The van der Waals surface area contributed by atoms with Crippen molar-refractivity contribution in [3.63, 3.8) is 0 Å². The molecule has 0 aromatic carbocycles. The van der Waals surface area contributed by atoms with Gasteiger partial charge in [0.15, 0.2) is 0 Å². The van der Waals surface area contributed by atoms with Gasteiger partial charge in [0.2, 0.25) is 0 Å². The number of rotatable bonds is 1. The van der Waals surface area contributed by atoms with Crippen molar-refractivity contribution in [2.24, 2.45) is 7.05 Å². The van der Waals surface area contributed by atoms with Crippen LogP contribution in [-0.4, -0.2) is 30.2 Å². The van der Waals surface area contributed by atoms with Crippen molar-refractivity contribution in [1.82, 2.24) is 14.5 Å². The van der Waals surface area contributed by atoms with Crippen LogP contribution in [0.5, 0.6) is 0 Å². The van der Waals surface area contributed by atoms with Crippen LogP contribution in [-0.2, 0) is 17.8 Å². The lowest BCUT2D eigenvalue weighted by Crippen LogP contribution is -2.27. The fraction of sp³-hybridized carbons (Fsp3) is 0.462. The Morgan fingerprint density at radius 3 is 2.84 bits per heavy atom. The molecule has 3 rings (SSSR count). The lowest BCUT2D eigenvalue weighted by Gasteiger charge is -2.21. The molecule has 0 spiro atoms. The lowest BCUT2D eigenvalue weighted by molar-refractivity contribution is 0.596. The molecule has 19 heavy (non-hydrogen) atoms. The average Bonchev–Trinajstić information content (AvgIpc) is 2.44. The molecule has 1 saturated heterocycles. The Morgan fingerprint density at radius 1 is 1.37 bits per heavy atom.